The maximum Gasteiger partial charge on any atom is 0.255 e. The van der Waals surface area contributed by atoms with E-state index in [2.05, 4.69) is 19.2 Å². The van der Waals surface area contributed by atoms with E-state index >= 15 is 0 Å². The van der Waals surface area contributed by atoms with Gasteiger partial charge < -0.3 is 19.5 Å². The van der Waals surface area contributed by atoms with Gasteiger partial charge in [-0.1, -0.05) is 19.9 Å². The standard InChI is InChI=1S/C21H27NO4/c1-4-24-12-13-25-20-7-5-6-18(14-20)22-21(23)17-8-10-19(11-9-17)26-15-16(2)3/h5-11,14,16H,4,12-13,15H2,1-3H3,(H,22,23). The number of ether oxygens (including phenoxy) is 3. The molecule has 0 bridgehead atoms. The van der Waals surface area contributed by atoms with Gasteiger partial charge in [0.05, 0.1) is 13.2 Å². The second kappa shape index (κ2) is 10.5. The molecule has 0 atom stereocenters. The van der Waals surface area contributed by atoms with Crippen molar-refractivity contribution < 1.29 is 19.0 Å². The van der Waals surface area contributed by atoms with Gasteiger partial charge in [-0.05, 0) is 49.2 Å². The number of nitrogens with one attached hydrogen (secondary N) is 1. The van der Waals surface area contributed by atoms with E-state index in [1.807, 2.05) is 37.3 Å². The molecule has 0 spiro atoms. The molecule has 2 aromatic rings. The van der Waals surface area contributed by atoms with Crippen LogP contribution in [0.15, 0.2) is 48.5 Å². The van der Waals surface area contributed by atoms with Gasteiger partial charge in [0.2, 0.25) is 0 Å². The smallest absolute Gasteiger partial charge is 0.255 e. The lowest BCUT2D eigenvalue weighted by Crippen LogP contribution is -2.12. The zero-order valence-electron chi connectivity index (χ0n) is 15.7. The Morgan fingerprint density at radius 3 is 2.46 bits per heavy atom. The summed E-state index contributed by atoms with van der Waals surface area (Å²) >= 11 is 0. The summed E-state index contributed by atoms with van der Waals surface area (Å²) in [5.74, 6) is 1.74. The predicted octanol–water partition coefficient (Wildman–Crippen LogP) is 4.39. The maximum atomic E-state index is 12.4. The Morgan fingerprint density at radius 2 is 1.77 bits per heavy atom. The molecule has 0 fully saturated rings. The molecule has 0 aliphatic rings. The van der Waals surface area contributed by atoms with Crippen molar-refractivity contribution in [1.29, 1.82) is 0 Å². The molecule has 0 saturated heterocycles. The molecule has 0 aromatic heterocycles. The molecule has 0 saturated carbocycles. The number of carbonyl (C=O) groups is 1. The number of amides is 1. The highest BCUT2D eigenvalue weighted by Crippen LogP contribution is 2.19. The van der Waals surface area contributed by atoms with Gasteiger partial charge in [-0.3, -0.25) is 4.79 Å². The van der Waals surface area contributed by atoms with Crippen LogP contribution in [-0.4, -0.2) is 32.3 Å². The van der Waals surface area contributed by atoms with Crippen LogP contribution in [0.25, 0.3) is 0 Å². The Balaban J connectivity index is 1.90. The number of hydrogen-bond donors (Lipinski definition) is 1. The quantitative estimate of drug-likeness (QED) is 0.641. The van der Waals surface area contributed by atoms with E-state index in [0.29, 0.717) is 49.3 Å². The minimum absolute atomic E-state index is 0.174. The molecule has 1 amide bonds. The molecule has 5 heteroatoms. The first-order valence-corrected chi connectivity index (χ1v) is 8.93. The topological polar surface area (TPSA) is 56.8 Å². The summed E-state index contributed by atoms with van der Waals surface area (Å²) in [5.41, 5.74) is 1.26. The minimum atomic E-state index is -0.174. The van der Waals surface area contributed by atoms with Crippen LogP contribution >= 0.6 is 0 Å². The SMILES string of the molecule is CCOCCOc1cccc(NC(=O)c2ccc(OCC(C)C)cc2)c1. The van der Waals surface area contributed by atoms with Crippen LogP contribution in [0.1, 0.15) is 31.1 Å². The van der Waals surface area contributed by atoms with Crippen molar-refractivity contribution in [2.24, 2.45) is 5.92 Å². The maximum absolute atomic E-state index is 12.4. The largest absolute Gasteiger partial charge is 0.493 e. The highest BCUT2D eigenvalue weighted by Gasteiger charge is 2.07. The Labute approximate surface area is 155 Å². The van der Waals surface area contributed by atoms with Gasteiger partial charge >= 0.3 is 0 Å². The second-order valence-corrected chi connectivity index (χ2v) is 6.26. The van der Waals surface area contributed by atoms with Crippen molar-refractivity contribution in [3.05, 3.63) is 54.1 Å². The van der Waals surface area contributed by atoms with Crippen LogP contribution in [0.5, 0.6) is 11.5 Å². The Hall–Kier alpha value is -2.53. The molecule has 2 aromatic carbocycles. The van der Waals surface area contributed by atoms with Gasteiger partial charge in [-0.2, -0.15) is 0 Å². The zero-order chi connectivity index (χ0) is 18.8. The predicted molar refractivity (Wildman–Crippen MR) is 103 cm³/mol. The molecule has 140 valence electrons. The number of carbonyl (C=O) groups excluding carboxylic acids is 1. The van der Waals surface area contributed by atoms with E-state index in [4.69, 9.17) is 14.2 Å². The number of hydrogen-bond acceptors (Lipinski definition) is 4. The van der Waals surface area contributed by atoms with Crippen molar-refractivity contribution in [3.8, 4) is 11.5 Å². The highest BCUT2D eigenvalue weighted by molar-refractivity contribution is 6.04. The summed E-state index contributed by atoms with van der Waals surface area (Å²) in [6, 6.07) is 14.4. The molecule has 0 heterocycles. The monoisotopic (exact) mass is 357 g/mol. The summed E-state index contributed by atoms with van der Waals surface area (Å²) in [4.78, 5) is 12.4. The van der Waals surface area contributed by atoms with E-state index in [-0.39, 0.29) is 5.91 Å². The summed E-state index contributed by atoms with van der Waals surface area (Å²) in [7, 11) is 0. The molecule has 0 radical (unpaired) electrons. The number of benzene rings is 2. The van der Waals surface area contributed by atoms with Gasteiger partial charge in [-0.15, -0.1) is 0 Å². The van der Waals surface area contributed by atoms with E-state index in [1.165, 1.54) is 0 Å². The minimum Gasteiger partial charge on any atom is -0.493 e. The molecule has 5 nitrogen and oxygen atoms in total. The Bertz CT molecular complexity index is 683. The van der Waals surface area contributed by atoms with Crippen molar-refractivity contribution in [1.82, 2.24) is 0 Å². The van der Waals surface area contributed by atoms with Gasteiger partial charge in [0.25, 0.3) is 5.91 Å². The summed E-state index contributed by atoms with van der Waals surface area (Å²) in [5, 5.41) is 2.88. The van der Waals surface area contributed by atoms with Crippen molar-refractivity contribution in [2.45, 2.75) is 20.8 Å². The van der Waals surface area contributed by atoms with Crippen LogP contribution in [0.2, 0.25) is 0 Å². The molecule has 26 heavy (non-hydrogen) atoms. The van der Waals surface area contributed by atoms with Crippen LogP contribution in [-0.2, 0) is 4.74 Å². The average molecular weight is 357 g/mol. The van der Waals surface area contributed by atoms with Gasteiger partial charge in [-0.25, -0.2) is 0 Å². The van der Waals surface area contributed by atoms with E-state index < -0.39 is 0 Å². The first kappa shape index (κ1) is 19.8. The first-order valence-electron chi connectivity index (χ1n) is 8.93. The third kappa shape index (κ3) is 6.76. The van der Waals surface area contributed by atoms with Crippen LogP contribution in [0.3, 0.4) is 0 Å². The highest BCUT2D eigenvalue weighted by atomic mass is 16.5. The Morgan fingerprint density at radius 1 is 1.00 bits per heavy atom. The first-order chi connectivity index (χ1) is 12.6. The molecule has 0 aliphatic heterocycles. The molecule has 2 rings (SSSR count). The second-order valence-electron chi connectivity index (χ2n) is 6.26. The van der Waals surface area contributed by atoms with Crippen molar-refractivity contribution in [2.75, 3.05) is 31.7 Å². The Kier molecular flexibility index (Phi) is 7.96. The van der Waals surface area contributed by atoms with E-state index in [1.54, 1.807) is 18.2 Å². The summed E-state index contributed by atoms with van der Waals surface area (Å²) in [6.45, 7) is 8.47. The fraction of sp³-hybridized carbons (Fsp3) is 0.381. The lowest BCUT2D eigenvalue weighted by Gasteiger charge is -2.10. The van der Waals surface area contributed by atoms with E-state index in [9.17, 15) is 4.79 Å². The molecular formula is C21H27NO4. The van der Waals surface area contributed by atoms with Crippen LogP contribution in [0.4, 0.5) is 5.69 Å². The zero-order valence-corrected chi connectivity index (χ0v) is 15.7. The molecular weight excluding hydrogens is 330 g/mol. The molecule has 0 unspecified atom stereocenters. The van der Waals surface area contributed by atoms with Crippen molar-refractivity contribution >= 4 is 11.6 Å². The van der Waals surface area contributed by atoms with Gasteiger partial charge in [0, 0.05) is 23.9 Å². The average Bonchev–Trinajstić information content (AvgIpc) is 2.64. The van der Waals surface area contributed by atoms with Crippen LogP contribution < -0.4 is 14.8 Å². The van der Waals surface area contributed by atoms with E-state index in [0.717, 1.165) is 5.75 Å². The fourth-order valence-electron chi connectivity index (χ4n) is 2.20. The fourth-order valence-corrected chi connectivity index (χ4v) is 2.20. The number of rotatable bonds is 10. The third-order valence-electron chi connectivity index (χ3n) is 3.49. The van der Waals surface area contributed by atoms with Gasteiger partial charge in [0.1, 0.15) is 18.1 Å². The normalized spacial score (nSPS) is 10.6. The van der Waals surface area contributed by atoms with Crippen LogP contribution in [0, 0.1) is 5.92 Å². The molecule has 1 N–H and O–H groups in total. The lowest BCUT2D eigenvalue weighted by atomic mass is 10.2. The molecule has 0 aliphatic carbocycles. The van der Waals surface area contributed by atoms with Crippen molar-refractivity contribution in [3.63, 3.8) is 0 Å². The third-order valence-corrected chi connectivity index (χ3v) is 3.49. The summed E-state index contributed by atoms with van der Waals surface area (Å²) < 4.78 is 16.5. The number of anilines is 1. The lowest BCUT2D eigenvalue weighted by molar-refractivity contribution is 0.102. The summed E-state index contributed by atoms with van der Waals surface area (Å²) in [6.07, 6.45) is 0. The van der Waals surface area contributed by atoms with Gasteiger partial charge in [0.15, 0.2) is 0 Å².